The number of nitrogens with zero attached hydrogens (tertiary/aromatic N) is 1. The number of piperidine rings is 1. The summed E-state index contributed by atoms with van der Waals surface area (Å²) in [7, 11) is 0. The fourth-order valence-electron chi connectivity index (χ4n) is 2.39. The van der Waals surface area contributed by atoms with E-state index in [1.807, 2.05) is 0 Å². The van der Waals surface area contributed by atoms with Crippen LogP contribution in [0.3, 0.4) is 0 Å². The van der Waals surface area contributed by atoms with Gasteiger partial charge in [-0.25, -0.2) is 0 Å². The number of alkyl halides is 8. The third-order valence-corrected chi connectivity index (χ3v) is 3.40. The van der Waals surface area contributed by atoms with Crippen LogP contribution in [-0.4, -0.2) is 36.3 Å². The Kier molecular flexibility index (Phi) is 4.84. The number of likely N-dealkylation sites (tertiary alicyclic amines) is 1. The number of hydrogen-bond donors (Lipinski definition) is 0. The summed E-state index contributed by atoms with van der Waals surface area (Å²) in [6.45, 7) is 1.22. The van der Waals surface area contributed by atoms with Gasteiger partial charge in [0.25, 0.3) is 0 Å². The first-order valence-electron chi connectivity index (χ1n) is 6.22. The number of halogens is 8. The van der Waals surface area contributed by atoms with Gasteiger partial charge in [0.05, 0.1) is 11.6 Å². The second kappa shape index (κ2) is 5.64. The van der Waals surface area contributed by atoms with Crippen LogP contribution < -0.4 is 0 Å². The zero-order valence-electron chi connectivity index (χ0n) is 11.4. The van der Waals surface area contributed by atoms with E-state index >= 15 is 0 Å². The first-order chi connectivity index (χ1) is 9.28. The van der Waals surface area contributed by atoms with Crippen molar-refractivity contribution >= 4 is 0 Å². The molecule has 1 fully saturated rings. The van der Waals surface area contributed by atoms with Gasteiger partial charge in [0.1, 0.15) is 0 Å². The SMILES string of the molecule is CC(C)=C(N1CCC(C(F)(F)F)CC1)C(F)(F)C(F)(F)F. The van der Waals surface area contributed by atoms with E-state index in [0.717, 1.165) is 13.8 Å². The molecule has 1 saturated heterocycles. The summed E-state index contributed by atoms with van der Waals surface area (Å²) >= 11 is 0. The van der Waals surface area contributed by atoms with Gasteiger partial charge < -0.3 is 4.90 Å². The normalized spacial score (nSPS) is 18.9. The van der Waals surface area contributed by atoms with Gasteiger partial charge in [-0.1, -0.05) is 5.57 Å². The van der Waals surface area contributed by atoms with Crippen molar-refractivity contribution in [3.05, 3.63) is 11.3 Å². The van der Waals surface area contributed by atoms with Crippen LogP contribution in [0.2, 0.25) is 0 Å². The molecule has 0 aromatic carbocycles. The molecule has 1 nitrogen and oxygen atoms in total. The highest BCUT2D eigenvalue weighted by atomic mass is 19.4. The van der Waals surface area contributed by atoms with Gasteiger partial charge in [-0.2, -0.15) is 35.1 Å². The Bertz CT molecular complexity index is 394. The molecular weight excluding hydrogens is 310 g/mol. The second-order valence-corrected chi connectivity index (χ2v) is 5.22. The monoisotopic (exact) mass is 325 g/mol. The predicted octanol–water partition coefficient (Wildman–Crippen LogP) is 4.75. The van der Waals surface area contributed by atoms with Crippen molar-refractivity contribution in [2.45, 2.75) is 45.0 Å². The van der Waals surface area contributed by atoms with Crippen LogP contribution in [0.5, 0.6) is 0 Å². The second-order valence-electron chi connectivity index (χ2n) is 5.22. The van der Waals surface area contributed by atoms with Gasteiger partial charge in [0, 0.05) is 13.1 Å². The predicted molar refractivity (Wildman–Crippen MR) is 59.7 cm³/mol. The molecule has 1 aliphatic rings. The lowest BCUT2D eigenvalue weighted by Crippen LogP contribution is -2.48. The highest BCUT2D eigenvalue weighted by molar-refractivity contribution is 5.20. The fourth-order valence-corrected chi connectivity index (χ4v) is 2.39. The minimum absolute atomic E-state index is 0.261. The Morgan fingerprint density at radius 1 is 0.857 bits per heavy atom. The van der Waals surface area contributed by atoms with E-state index in [4.69, 9.17) is 0 Å². The summed E-state index contributed by atoms with van der Waals surface area (Å²) in [5.74, 6) is -6.73. The highest BCUT2D eigenvalue weighted by Crippen LogP contribution is 2.45. The molecule has 0 amide bonds. The van der Waals surface area contributed by atoms with Gasteiger partial charge in [-0.15, -0.1) is 0 Å². The van der Waals surface area contributed by atoms with Crippen molar-refractivity contribution in [1.29, 1.82) is 0 Å². The largest absolute Gasteiger partial charge is 0.459 e. The summed E-state index contributed by atoms with van der Waals surface area (Å²) in [5.41, 5.74) is -1.50. The molecule has 124 valence electrons. The highest BCUT2D eigenvalue weighted by Gasteiger charge is 2.62. The molecule has 9 heteroatoms. The Hall–Kier alpha value is -1.02. The number of allylic oxidation sites excluding steroid dienone is 2. The molecule has 0 atom stereocenters. The molecule has 0 aromatic heterocycles. The molecule has 0 spiro atoms. The smallest absolute Gasteiger partial charge is 0.370 e. The fraction of sp³-hybridized carbons (Fsp3) is 0.833. The van der Waals surface area contributed by atoms with Gasteiger partial charge in [0.15, 0.2) is 0 Å². The molecular formula is C12H15F8N. The van der Waals surface area contributed by atoms with E-state index in [-0.39, 0.29) is 5.57 Å². The Morgan fingerprint density at radius 2 is 1.29 bits per heavy atom. The van der Waals surface area contributed by atoms with Crippen molar-refractivity contribution in [2.24, 2.45) is 5.92 Å². The van der Waals surface area contributed by atoms with E-state index in [9.17, 15) is 35.1 Å². The Balaban J connectivity index is 2.96. The number of hydrogen-bond acceptors (Lipinski definition) is 1. The van der Waals surface area contributed by atoms with Crippen molar-refractivity contribution in [2.75, 3.05) is 13.1 Å². The van der Waals surface area contributed by atoms with Crippen LogP contribution in [0.4, 0.5) is 35.1 Å². The maximum Gasteiger partial charge on any atom is 0.459 e. The summed E-state index contributed by atoms with van der Waals surface area (Å²) in [5, 5.41) is 0. The van der Waals surface area contributed by atoms with Crippen LogP contribution in [0.15, 0.2) is 11.3 Å². The summed E-state index contributed by atoms with van der Waals surface area (Å²) in [6, 6.07) is 0. The Labute approximate surface area is 116 Å². The van der Waals surface area contributed by atoms with E-state index in [2.05, 4.69) is 0 Å². The lowest BCUT2D eigenvalue weighted by molar-refractivity contribution is -0.272. The van der Waals surface area contributed by atoms with Crippen molar-refractivity contribution in [3.63, 3.8) is 0 Å². The molecule has 1 rings (SSSR count). The molecule has 21 heavy (non-hydrogen) atoms. The maximum absolute atomic E-state index is 13.5. The summed E-state index contributed by atoms with van der Waals surface area (Å²) in [4.78, 5) is 0.713. The molecule has 0 bridgehead atoms. The van der Waals surface area contributed by atoms with Gasteiger partial charge in [0.2, 0.25) is 0 Å². The molecule has 0 saturated carbocycles. The van der Waals surface area contributed by atoms with E-state index in [0.29, 0.717) is 4.90 Å². The van der Waals surface area contributed by atoms with Crippen LogP contribution >= 0.6 is 0 Å². The summed E-state index contributed by atoms with van der Waals surface area (Å²) in [6.07, 6.45) is -11.2. The Morgan fingerprint density at radius 3 is 1.57 bits per heavy atom. The molecule has 1 aliphatic heterocycles. The van der Waals surface area contributed by atoms with E-state index in [1.54, 1.807) is 0 Å². The third-order valence-electron chi connectivity index (χ3n) is 3.40. The van der Waals surface area contributed by atoms with Gasteiger partial charge >= 0.3 is 18.3 Å². The summed E-state index contributed by atoms with van der Waals surface area (Å²) < 4.78 is 102. The maximum atomic E-state index is 13.5. The quantitative estimate of drug-likeness (QED) is 0.662. The zero-order chi connectivity index (χ0) is 16.6. The molecule has 0 N–H and O–H groups in total. The first kappa shape index (κ1) is 18.0. The standard InChI is InChI=1S/C12H15F8N/c1-7(2)9(10(13,14)12(18,19)20)21-5-3-8(4-6-21)11(15,16)17/h8H,3-6H2,1-2H3. The first-order valence-corrected chi connectivity index (χ1v) is 6.22. The third kappa shape index (κ3) is 3.79. The van der Waals surface area contributed by atoms with Crippen LogP contribution in [-0.2, 0) is 0 Å². The minimum Gasteiger partial charge on any atom is -0.370 e. The molecule has 0 aliphatic carbocycles. The average Bonchev–Trinajstić information content (AvgIpc) is 2.26. The molecule has 1 heterocycles. The molecule has 0 unspecified atom stereocenters. The van der Waals surface area contributed by atoms with Crippen LogP contribution in [0.1, 0.15) is 26.7 Å². The van der Waals surface area contributed by atoms with Crippen LogP contribution in [0.25, 0.3) is 0 Å². The number of rotatable bonds is 2. The average molecular weight is 325 g/mol. The van der Waals surface area contributed by atoms with E-state index < -0.39 is 55.8 Å². The van der Waals surface area contributed by atoms with Gasteiger partial charge in [-0.3, -0.25) is 0 Å². The lowest BCUT2D eigenvalue weighted by Gasteiger charge is -2.39. The topological polar surface area (TPSA) is 3.24 Å². The van der Waals surface area contributed by atoms with Crippen molar-refractivity contribution in [3.8, 4) is 0 Å². The van der Waals surface area contributed by atoms with Crippen molar-refractivity contribution in [1.82, 2.24) is 4.90 Å². The zero-order valence-corrected chi connectivity index (χ0v) is 11.4. The van der Waals surface area contributed by atoms with Gasteiger partial charge in [-0.05, 0) is 26.7 Å². The van der Waals surface area contributed by atoms with E-state index in [1.165, 1.54) is 0 Å². The lowest BCUT2D eigenvalue weighted by atomic mass is 9.94. The minimum atomic E-state index is -5.78. The molecule has 0 aromatic rings. The molecule has 0 radical (unpaired) electrons. The van der Waals surface area contributed by atoms with Crippen LogP contribution in [0, 0.1) is 5.92 Å². The van der Waals surface area contributed by atoms with Crippen molar-refractivity contribution < 1.29 is 35.1 Å².